The van der Waals surface area contributed by atoms with Gasteiger partial charge < -0.3 is 14.2 Å². The molecule has 0 N–H and O–H groups in total. The molecule has 4 rings (SSSR count). The van der Waals surface area contributed by atoms with E-state index in [1.54, 1.807) is 6.92 Å². The average molecular weight is 617 g/mol. The Kier molecular flexibility index (Phi) is 8.38. The molecule has 0 radical (unpaired) electrons. The second-order valence-electron chi connectivity index (χ2n) is 12.7. The third kappa shape index (κ3) is 4.95. The van der Waals surface area contributed by atoms with E-state index >= 15 is 0 Å². The Morgan fingerprint density at radius 1 is 0.889 bits per heavy atom. The molecule has 0 saturated heterocycles. The largest absolute Gasteiger partial charge is 0.463 e. The van der Waals surface area contributed by atoms with Crippen LogP contribution in [0.25, 0.3) is 0 Å². The zero-order valence-electron chi connectivity index (χ0n) is 22.9. The second kappa shape index (κ2) is 10.7. The van der Waals surface area contributed by atoms with Crippen LogP contribution in [0, 0.1) is 46.3 Å². The van der Waals surface area contributed by atoms with Crippen LogP contribution in [0.1, 0.15) is 92.9 Å². The van der Waals surface area contributed by atoms with E-state index < -0.39 is 0 Å². The van der Waals surface area contributed by atoms with E-state index in [-0.39, 0.29) is 53.0 Å². The van der Waals surface area contributed by atoms with Crippen molar-refractivity contribution >= 4 is 40.5 Å². The number of carbonyl (C=O) groups excluding carboxylic acids is 3. The van der Waals surface area contributed by atoms with Gasteiger partial charge >= 0.3 is 17.9 Å². The fourth-order valence-electron chi connectivity index (χ4n) is 9.49. The highest BCUT2D eigenvalue weighted by atomic mass is 127. The molecule has 0 aromatic rings. The van der Waals surface area contributed by atoms with Crippen molar-refractivity contribution in [2.75, 3.05) is 4.43 Å². The fraction of sp³-hybridized carbons (Fsp3) is 0.897. The number of alkyl halides is 1. The Morgan fingerprint density at radius 3 is 2.17 bits per heavy atom. The van der Waals surface area contributed by atoms with Crippen LogP contribution >= 0.6 is 22.6 Å². The first-order chi connectivity index (χ1) is 16.9. The molecule has 0 unspecified atom stereocenters. The summed E-state index contributed by atoms with van der Waals surface area (Å²) >= 11 is 2.47. The van der Waals surface area contributed by atoms with E-state index in [1.165, 1.54) is 20.3 Å². The van der Waals surface area contributed by atoms with Crippen LogP contribution in [0.4, 0.5) is 0 Å². The standard InChI is InChI=1S/C29H45IO6/c1-16(10-12-30)22-7-8-23-27-24(15-26(29(22,23)6)36-19(4)33)28(5)11-9-21(34-17(2)31)13-20(28)14-25(27)35-18(3)32/h16,20-27H,7-15H2,1-6H3/t16-,20+,21-,22-,23+,24+,25-,26+,27+,28+,29-/m1/s1. The van der Waals surface area contributed by atoms with Gasteiger partial charge in [-0.05, 0) is 90.8 Å². The summed E-state index contributed by atoms with van der Waals surface area (Å²) in [6.45, 7) is 11.7. The van der Waals surface area contributed by atoms with E-state index in [4.69, 9.17) is 14.2 Å². The molecule has 4 fully saturated rings. The quantitative estimate of drug-likeness (QED) is 0.155. The summed E-state index contributed by atoms with van der Waals surface area (Å²) in [5.74, 6) is 1.65. The van der Waals surface area contributed by atoms with Gasteiger partial charge in [-0.1, -0.05) is 43.4 Å². The lowest BCUT2D eigenvalue weighted by atomic mass is 9.43. The lowest BCUT2D eigenvalue weighted by molar-refractivity contribution is -0.224. The minimum Gasteiger partial charge on any atom is -0.463 e. The first-order valence-electron chi connectivity index (χ1n) is 14.0. The van der Waals surface area contributed by atoms with Crippen LogP contribution in [0.2, 0.25) is 0 Å². The second-order valence-corrected chi connectivity index (χ2v) is 13.8. The van der Waals surface area contributed by atoms with Gasteiger partial charge in [-0.3, -0.25) is 14.4 Å². The van der Waals surface area contributed by atoms with Gasteiger partial charge in [-0.2, -0.15) is 0 Å². The van der Waals surface area contributed by atoms with Gasteiger partial charge in [0.25, 0.3) is 0 Å². The molecule has 0 aliphatic heterocycles. The van der Waals surface area contributed by atoms with Crippen LogP contribution in [0.3, 0.4) is 0 Å². The van der Waals surface area contributed by atoms with E-state index in [1.807, 2.05) is 0 Å². The maximum absolute atomic E-state index is 12.4. The van der Waals surface area contributed by atoms with E-state index in [0.717, 1.165) is 49.4 Å². The molecule has 0 amide bonds. The molecular weight excluding hydrogens is 571 g/mol. The van der Waals surface area contributed by atoms with Gasteiger partial charge in [0.15, 0.2) is 0 Å². The molecule has 204 valence electrons. The van der Waals surface area contributed by atoms with E-state index in [9.17, 15) is 14.4 Å². The van der Waals surface area contributed by atoms with Gasteiger partial charge in [0.2, 0.25) is 0 Å². The van der Waals surface area contributed by atoms with Gasteiger partial charge in [0, 0.05) is 32.1 Å². The summed E-state index contributed by atoms with van der Waals surface area (Å²) in [6, 6.07) is 0. The monoisotopic (exact) mass is 616 g/mol. The highest BCUT2D eigenvalue weighted by molar-refractivity contribution is 14.1. The Morgan fingerprint density at radius 2 is 1.56 bits per heavy atom. The molecule has 0 spiro atoms. The van der Waals surface area contributed by atoms with Gasteiger partial charge in [0.1, 0.15) is 18.3 Å². The van der Waals surface area contributed by atoms with E-state index in [2.05, 4.69) is 43.4 Å². The van der Waals surface area contributed by atoms with Crippen LogP contribution in [0.5, 0.6) is 0 Å². The number of esters is 3. The number of ether oxygens (including phenoxy) is 3. The molecule has 36 heavy (non-hydrogen) atoms. The number of fused-ring (bicyclic) bond motifs is 5. The summed E-state index contributed by atoms with van der Waals surface area (Å²) in [6.07, 6.45) is 7.39. The number of hydrogen-bond donors (Lipinski definition) is 0. The lowest BCUT2D eigenvalue weighted by Gasteiger charge is -2.64. The zero-order valence-corrected chi connectivity index (χ0v) is 25.0. The number of carbonyl (C=O) groups is 3. The maximum Gasteiger partial charge on any atom is 0.302 e. The van der Waals surface area contributed by atoms with Crippen molar-refractivity contribution in [2.24, 2.45) is 46.3 Å². The summed E-state index contributed by atoms with van der Waals surface area (Å²) in [4.78, 5) is 36.4. The van der Waals surface area contributed by atoms with Crippen LogP contribution in [-0.4, -0.2) is 40.6 Å². The van der Waals surface area contributed by atoms with Crippen molar-refractivity contribution in [3.05, 3.63) is 0 Å². The molecule has 4 saturated carbocycles. The van der Waals surface area contributed by atoms with Crippen LogP contribution in [-0.2, 0) is 28.6 Å². The molecule has 0 heterocycles. The number of hydrogen-bond acceptors (Lipinski definition) is 6. The highest BCUT2D eigenvalue weighted by Gasteiger charge is 2.67. The zero-order chi connectivity index (χ0) is 26.4. The highest BCUT2D eigenvalue weighted by Crippen LogP contribution is 2.69. The predicted molar refractivity (Wildman–Crippen MR) is 145 cm³/mol. The molecule has 0 aromatic heterocycles. The normalized spacial score (nSPS) is 44.4. The Bertz CT molecular complexity index is 861. The molecule has 0 bridgehead atoms. The SMILES string of the molecule is CC(=O)O[C@@H]1CC[C@@]2(C)[C@@H](C1)C[C@@H](OC(C)=O)[C@@H]1[C@@H]2C[C@H](OC(C)=O)[C@]2(C)[C@@H]([C@H](C)CCI)CC[C@@H]12. The summed E-state index contributed by atoms with van der Waals surface area (Å²) in [5, 5.41) is 0. The predicted octanol–water partition coefficient (Wildman–Crippen LogP) is 6.12. The number of rotatable bonds is 6. The number of halogens is 1. The minimum atomic E-state index is -0.227. The fourth-order valence-corrected chi connectivity index (χ4v) is 10.5. The van der Waals surface area contributed by atoms with Gasteiger partial charge in [0.05, 0.1) is 0 Å². The molecule has 4 aliphatic rings. The molecule has 7 heteroatoms. The topological polar surface area (TPSA) is 78.9 Å². The molecule has 11 atom stereocenters. The first-order valence-corrected chi connectivity index (χ1v) is 15.5. The lowest BCUT2D eigenvalue weighted by Crippen LogP contribution is -2.63. The Hall–Kier alpha value is -0.860. The van der Waals surface area contributed by atoms with Gasteiger partial charge in [-0.15, -0.1) is 0 Å². The maximum atomic E-state index is 12.4. The van der Waals surface area contributed by atoms with Gasteiger partial charge in [-0.25, -0.2) is 0 Å². The smallest absolute Gasteiger partial charge is 0.302 e. The Balaban J connectivity index is 1.73. The third-order valence-electron chi connectivity index (χ3n) is 11.0. The van der Waals surface area contributed by atoms with Crippen molar-refractivity contribution in [3.63, 3.8) is 0 Å². The van der Waals surface area contributed by atoms with E-state index in [0.29, 0.717) is 29.6 Å². The summed E-state index contributed by atoms with van der Waals surface area (Å²) in [7, 11) is 0. The minimum absolute atomic E-state index is 0.0452. The molecule has 0 aromatic carbocycles. The van der Waals surface area contributed by atoms with Crippen molar-refractivity contribution in [1.29, 1.82) is 0 Å². The van der Waals surface area contributed by atoms with Crippen molar-refractivity contribution in [1.82, 2.24) is 0 Å². The molecule has 4 aliphatic carbocycles. The van der Waals surface area contributed by atoms with Crippen molar-refractivity contribution < 1.29 is 28.6 Å². The van der Waals surface area contributed by atoms with Crippen LogP contribution in [0.15, 0.2) is 0 Å². The first kappa shape index (κ1) is 28.2. The Labute approximate surface area is 230 Å². The third-order valence-corrected chi connectivity index (χ3v) is 11.6. The van der Waals surface area contributed by atoms with Crippen molar-refractivity contribution in [3.8, 4) is 0 Å². The molecular formula is C29H45IO6. The van der Waals surface area contributed by atoms with Crippen molar-refractivity contribution in [2.45, 2.75) is 111 Å². The average Bonchev–Trinajstić information content (AvgIpc) is 3.12. The summed E-state index contributed by atoms with van der Waals surface area (Å²) in [5.41, 5.74) is -0.0712. The van der Waals surface area contributed by atoms with Crippen LogP contribution < -0.4 is 0 Å². The summed E-state index contributed by atoms with van der Waals surface area (Å²) < 4.78 is 19.1. The molecule has 6 nitrogen and oxygen atoms in total.